The van der Waals surface area contributed by atoms with Gasteiger partial charge in [0, 0.05) is 55.1 Å². The molecule has 0 radical (unpaired) electrons. The van der Waals surface area contributed by atoms with Crippen LogP contribution < -0.4 is 0 Å². The zero-order chi connectivity index (χ0) is 14.2. The van der Waals surface area contributed by atoms with Crippen LogP contribution in [0.25, 0.3) is 0 Å². The van der Waals surface area contributed by atoms with E-state index in [0.29, 0.717) is 6.10 Å². The van der Waals surface area contributed by atoms with Crippen molar-refractivity contribution in [3.05, 3.63) is 21.9 Å². The maximum atomic E-state index is 6.12. The molecule has 2 saturated heterocycles. The van der Waals surface area contributed by atoms with Gasteiger partial charge in [-0.15, -0.1) is 11.3 Å². The van der Waals surface area contributed by atoms with Gasteiger partial charge in [0.25, 0.3) is 0 Å². The molecule has 0 bridgehead atoms. The predicted molar refractivity (Wildman–Crippen MR) is 86.8 cm³/mol. The summed E-state index contributed by atoms with van der Waals surface area (Å²) in [6.45, 7) is 9.18. The first-order chi connectivity index (χ1) is 10.3. The van der Waals surface area contributed by atoms with Crippen LogP contribution in [-0.2, 0) is 11.3 Å². The number of piperazine rings is 1. The highest BCUT2D eigenvalue weighted by Crippen LogP contribution is 2.31. The number of fused-ring (bicyclic) bond motifs is 1. The Labute approximate surface area is 131 Å². The van der Waals surface area contributed by atoms with Gasteiger partial charge in [0.1, 0.15) is 0 Å². The summed E-state index contributed by atoms with van der Waals surface area (Å²) in [7, 11) is 0. The smallest absolute Gasteiger partial charge is 0.0717 e. The third-order valence-electron chi connectivity index (χ3n) is 5.10. The van der Waals surface area contributed by atoms with Crippen molar-refractivity contribution in [1.29, 1.82) is 0 Å². The van der Waals surface area contributed by atoms with Gasteiger partial charge in [0.05, 0.1) is 6.10 Å². The first-order valence-corrected chi connectivity index (χ1v) is 9.21. The Hall–Kier alpha value is -0.420. The minimum Gasteiger partial charge on any atom is -0.377 e. The summed E-state index contributed by atoms with van der Waals surface area (Å²) < 4.78 is 6.12. The first-order valence-electron chi connectivity index (χ1n) is 8.39. The van der Waals surface area contributed by atoms with Gasteiger partial charge in [-0.3, -0.25) is 9.80 Å². The fraction of sp³-hybridized carbons (Fsp3) is 0.765. The number of nitrogens with zero attached hydrogens (tertiary/aromatic N) is 2. The van der Waals surface area contributed by atoms with E-state index < -0.39 is 0 Å². The lowest BCUT2D eigenvalue weighted by molar-refractivity contribution is 0.0508. The van der Waals surface area contributed by atoms with Gasteiger partial charge < -0.3 is 4.74 Å². The minimum atomic E-state index is 0.500. The molecule has 0 N–H and O–H groups in total. The van der Waals surface area contributed by atoms with Gasteiger partial charge in [0.15, 0.2) is 0 Å². The number of hydrogen-bond acceptors (Lipinski definition) is 4. The third kappa shape index (κ3) is 3.50. The van der Waals surface area contributed by atoms with Gasteiger partial charge in [-0.1, -0.05) is 0 Å². The zero-order valence-electron chi connectivity index (χ0n) is 13.0. The lowest BCUT2D eigenvalue weighted by Gasteiger charge is -2.37. The van der Waals surface area contributed by atoms with Gasteiger partial charge in [-0.25, -0.2) is 0 Å². The van der Waals surface area contributed by atoms with Crippen molar-refractivity contribution in [2.24, 2.45) is 5.92 Å². The molecule has 116 valence electrons. The highest BCUT2D eigenvalue weighted by atomic mass is 32.1. The molecule has 4 rings (SSSR count). The standard InChI is InChI=1S/C17H26N2OS/c1-13-2-5-17(21-13)11-18-6-7-19-10-16(8-15(19)9-18)20-12-14-3-4-14/h2,5,14-16H,3-4,6-12H2,1H3/t15-,16+/m1/s1. The van der Waals surface area contributed by atoms with E-state index in [1.54, 1.807) is 0 Å². The Morgan fingerprint density at radius 2 is 2.14 bits per heavy atom. The average Bonchev–Trinajstić information content (AvgIpc) is 3.08. The van der Waals surface area contributed by atoms with Crippen LogP contribution >= 0.6 is 11.3 Å². The fourth-order valence-electron chi connectivity index (χ4n) is 3.67. The molecule has 1 aromatic rings. The van der Waals surface area contributed by atoms with Gasteiger partial charge >= 0.3 is 0 Å². The quantitative estimate of drug-likeness (QED) is 0.832. The van der Waals surface area contributed by atoms with E-state index in [0.717, 1.165) is 25.1 Å². The topological polar surface area (TPSA) is 15.7 Å². The summed E-state index contributed by atoms with van der Waals surface area (Å²) in [5, 5.41) is 0. The van der Waals surface area contributed by atoms with Gasteiger partial charge in [-0.2, -0.15) is 0 Å². The Morgan fingerprint density at radius 1 is 1.24 bits per heavy atom. The van der Waals surface area contributed by atoms with Crippen LogP contribution in [0.15, 0.2) is 12.1 Å². The third-order valence-corrected chi connectivity index (χ3v) is 6.09. The molecule has 1 aliphatic carbocycles. The summed E-state index contributed by atoms with van der Waals surface area (Å²) in [6.07, 6.45) is 4.54. The molecule has 3 heterocycles. The van der Waals surface area contributed by atoms with E-state index >= 15 is 0 Å². The van der Waals surface area contributed by atoms with Crippen LogP contribution in [0.5, 0.6) is 0 Å². The monoisotopic (exact) mass is 306 g/mol. The number of ether oxygens (including phenoxy) is 1. The van der Waals surface area contributed by atoms with E-state index in [1.165, 1.54) is 55.2 Å². The second-order valence-electron chi connectivity index (χ2n) is 7.03. The van der Waals surface area contributed by atoms with Crippen molar-refractivity contribution in [2.75, 3.05) is 32.8 Å². The second-order valence-corrected chi connectivity index (χ2v) is 8.40. The minimum absolute atomic E-state index is 0.500. The molecule has 0 spiro atoms. The van der Waals surface area contributed by atoms with Crippen LogP contribution in [0.2, 0.25) is 0 Å². The number of rotatable bonds is 5. The molecule has 3 aliphatic rings. The van der Waals surface area contributed by atoms with E-state index in [4.69, 9.17) is 4.74 Å². The molecule has 0 aromatic carbocycles. The predicted octanol–water partition coefficient (Wildman–Crippen LogP) is 2.74. The lowest BCUT2D eigenvalue weighted by Crippen LogP contribution is -2.49. The number of hydrogen-bond donors (Lipinski definition) is 0. The molecular weight excluding hydrogens is 280 g/mol. The molecule has 1 saturated carbocycles. The van der Waals surface area contributed by atoms with Gasteiger partial charge in [-0.05, 0) is 44.2 Å². The van der Waals surface area contributed by atoms with E-state index in [-0.39, 0.29) is 0 Å². The SMILES string of the molecule is Cc1ccc(CN2CCN3C[C@@H](OCC4CC4)C[C@@H]3C2)s1. The van der Waals surface area contributed by atoms with Crippen molar-refractivity contribution in [1.82, 2.24) is 9.80 Å². The van der Waals surface area contributed by atoms with Crippen molar-refractivity contribution in [3.8, 4) is 0 Å². The zero-order valence-corrected chi connectivity index (χ0v) is 13.8. The molecule has 1 aromatic heterocycles. The van der Waals surface area contributed by atoms with E-state index in [1.807, 2.05) is 11.3 Å². The number of aryl methyl sites for hydroxylation is 1. The van der Waals surface area contributed by atoms with E-state index in [2.05, 4.69) is 28.9 Å². The maximum Gasteiger partial charge on any atom is 0.0717 e. The molecule has 21 heavy (non-hydrogen) atoms. The Morgan fingerprint density at radius 3 is 2.90 bits per heavy atom. The molecule has 0 amide bonds. The summed E-state index contributed by atoms with van der Waals surface area (Å²) >= 11 is 1.95. The molecule has 4 heteroatoms. The molecule has 2 aliphatic heterocycles. The van der Waals surface area contributed by atoms with Crippen molar-refractivity contribution >= 4 is 11.3 Å². The maximum absolute atomic E-state index is 6.12. The molecule has 0 unspecified atom stereocenters. The van der Waals surface area contributed by atoms with Gasteiger partial charge in [0.2, 0.25) is 0 Å². The molecule has 3 nitrogen and oxygen atoms in total. The summed E-state index contributed by atoms with van der Waals surface area (Å²) in [4.78, 5) is 8.24. The van der Waals surface area contributed by atoms with Crippen molar-refractivity contribution in [3.63, 3.8) is 0 Å². The second kappa shape index (κ2) is 5.99. The fourth-order valence-corrected chi connectivity index (χ4v) is 4.61. The molecule has 2 atom stereocenters. The molecular formula is C17H26N2OS. The van der Waals surface area contributed by atoms with Crippen LogP contribution in [0.3, 0.4) is 0 Å². The first kappa shape index (κ1) is 14.2. The normalized spacial score (nSPS) is 30.7. The van der Waals surface area contributed by atoms with Crippen molar-refractivity contribution < 1.29 is 4.74 Å². The molecule has 3 fully saturated rings. The highest BCUT2D eigenvalue weighted by Gasteiger charge is 2.37. The Balaban J connectivity index is 1.28. The van der Waals surface area contributed by atoms with E-state index in [9.17, 15) is 0 Å². The lowest BCUT2D eigenvalue weighted by atomic mass is 10.1. The van der Waals surface area contributed by atoms with Crippen LogP contribution in [0.4, 0.5) is 0 Å². The van der Waals surface area contributed by atoms with Crippen LogP contribution in [0, 0.1) is 12.8 Å². The largest absolute Gasteiger partial charge is 0.377 e. The van der Waals surface area contributed by atoms with Crippen molar-refractivity contribution in [2.45, 2.75) is 44.9 Å². The highest BCUT2D eigenvalue weighted by molar-refractivity contribution is 7.11. The summed E-state index contributed by atoms with van der Waals surface area (Å²) in [6, 6.07) is 5.26. The van der Waals surface area contributed by atoms with Crippen LogP contribution in [0.1, 0.15) is 29.0 Å². The average molecular weight is 306 g/mol. The summed E-state index contributed by atoms with van der Waals surface area (Å²) in [5.41, 5.74) is 0. The number of thiophene rings is 1. The summed E-state index contributed by atoms with van der Waals surface area (Å²) in [5.74, 6) is 0.890. The Kier molecular flexibility index (Phi) is 4.05. The Bertz CT molecular complexity index is 485. The van der Waals surface area contributed by atoms with Crippen LogP contribution in [-0.4, -0.2) is 54.7 Å².